The predicted molar refractivity (Wildman–Crippen MR) is 166 cm³/mol. The van der Waals surface area contributed by atoms with Crippen molar-refractivity contribution in [2.75, 3.05) is 0 Å². The lowest BCUT2D eigenvalue weighted by molar-refractivity contribution is 1.18. The van der Waals surface area contributed by atoms with Crippen LogP contribution in [0.3, 0.4) is 0 Å². The summed E-state index contributed by atoms with van der Waals surface area (Å²) in [6.45, 7) is 0. The van der Waals surface area contributed by atoms with Gasteiger partial charge in [0.2, 0.25) is 0 Å². The first-order valence-electron chi connectivity index (χ1n) is 13.0. The van der Waals surface area contributed by atoms with Gasteiger partial charge in [-0.25, -0.2) is 0 Å². The van der Waals surface area contributed by atoms with E-state index < -0.39 is 0 Å². The zero-order valence-corrected chi connectivity index (χ0v) is 21.5. The molecule has 0 saturated heterocycles. The Labute approximate surface area is 224 Å². The molecule has 2 heterocycles. The van der Waals surface area contributed by atoms with E-state index in [9.17, 15) is 0 Å². The highest BCUT2D eigenvalue weighted by atomic mass is 32.1. The Balaban J connectivity index is 1.66. The van der Waals surface area contributed by atoms with E-state index in [1.54, 1.807) is 0 Å². The Morgan fingerprint density at radius 2 is 0.763 bits per heavy atom. The normalized spacial score (nSPS) is 11.7. The van der Waals surface area contributed by atoms with Crippen LogP contribution in [0.25, 0.3) is 69.2 Å². The summed E-state index contributed by atoms with van der Waals surface area (Å²) in [4.78, 5) is 0. The van der Waals surface area contributed by atoms with Gasteiger partial charge in [0.05, 0.1) is 11.0 Å². The molecule has 0 unspecified atom stereocenters. The van der Waals surface area contributed by atoms with Crippen LogP contribution in [-0.2, 0) is 0 Å². The van der Waals surface area contributed by atoms with Crippen molar-refractivity contribution in [3.8, 4) is 5.69 Å². The van der Waals surface area contributed by atoms with Crippen LogP contribution >= 0.6 is 11.3 Å². The van der Waals surface area contributed by atoms with Crippen molar-refractivity contribution in [2.45, 2.75) is 0 Å². The first-order chi connectivity index (χ1) is 18.9. The Kier molecular flexibility index (Phi) is 4.76. The van der Waals surface area contributed by atoms with Gasteiger partial charge >= 0.3 is 0 Å². The molecule has 0 N–H and O–H groups in total. The quantitative estimate of drug-likeness (QED) is 0.211. The van der Waals surface area contributed by atoms with Gasteiger partial charge in [0, 0.05) is 36.6 Å². The highest BCUT2D eigenvalue weighted by molar-refractivity contribution is 7.25. The molecule has 0 amide bonds. The zero-order valence-electron chi connectivity index (χ0n) is 20.6. The lowest BCUT2D eigenvalue weighted by Gasteiger charge is -2.14. The van der Waals surface area contributed by atoms with Crippen LogP contribution < -0.4 is 0 Å². The van der Waals surface area contributed by atoms with E-state index in [0.29, 0.717) is 0 Å². The number of rotatable bonds is 1. The molecule has 0 aliphatic heterocycles. The van der Waals surface area contributed by atoms with Crippen molar-refractivity contribution in [1.29, 1.82) is 0 Å². The van der Waals surface area contributed by atoms with E-state index in [2.05, 4.69) is 144 Å². The van der Waals surface area contributed by atoms with Crippen molar-refractivity contribution in [1.82, 2.24) is 4.57 Å². The highest BCUT2D eigenvalue weighted by Gasteiger charge is 2.12. The van der Waals surface area contributed by atoms with Crippen molar-refractivity contribution < 1.29 is 0 Å². The van der Waals surface area contributed by atoms with Gasteiger partial charge in [-0.2, -0.15) is 0 Å². The van der Waals surface area contributed by atoms with Crippen molar-refractivity contribution >= 4 is 74.9 Å². The van der Waals surface area contributed by atoms with Gasteiger partial charge in [-0.3, -0.25) is 0 Å². The van der Waals surface area contributed by atoms with Crippen molar-refractivity contribution in [3.05, 3.63) is 140 Å². The summed E-state index contributed by atoms with van der Waals surface area (Å²) in [6.07, 6.45) is 0. The molecule has 0 spiro atoms. The molecule has 8 rings (SSSR count). The van der Waals surface area contributed by atoms with Gasteiger partial charge in [-0.15, -0.1) is 11.3 Å². The van der Waals surface area contributed by atoms with Crippen LogP contribution in [0.1, 0.15) is 0 Å². The number of hydrogen-bond donors (Lipinski definition) is 0. The third kappa shape index (κ3) is 3.17. The van der Waals surface area contributed by atoms with Crippen LogP contribution in [0.15, 0.2) is 140 Å². The molecule has 0 bridgehead atoms. The molecule has 0 atom stereocenters. The number of fused-ring (bicyclic) bond motifs is 10. The Morgan fingerprint density at radius 3 is 1.34 bits per heavy atom. The molecule has 1 nitrogen and oxygen atoms in total. The Morgan fingerprint density at radius 1 is 0.342 bits per heavy atom. The SMILES string of the molecule is c1ccc2c(c1)sc1cc(-n3c4ccccc4c4ccccc4c4ccccc4c4ccccc43)ccc12. The second kappa shape index (κ2) is 8.44. The van der Waals surface area contributed by atoms with E-state index in [1.165, 1.54) is 69.2 Å². The van der Waals surface area contributed by atoms with Gasteiger partial charge in [0.15, 0.2) is 0 Å². The molecule has 38 heavy (non-hydrogen) atoms. The van der Waals surface area contributed by atoms with E-state index in [4.69, 9.17) is 0 Å². The molecule has 6 aromatic carbocycles. The van der Waals surface area contributed by atoms with Crippen molar-refractivity contribution in [2.24, 2.45) is 0 Å². The van der Waals surface area contributed by atoms with Crippen molar-refractivity contribution in [3.63, 3.8) is 0 Å². The number of aromatic nitrogens is 1. The van der Waals surface area contributed by atoms with Gasteiger partial charge in [0.1, 0.15) is 0 Å². The third-order valence-electron chi connectivity index (χ3n) is 7.64. The van der Waals surface area contributed by atoms with Gasteiger partial charge in [-0.05, 0) is 51.9 Å². The number of para-hydroxylation sites is 2. The lowest BCUT2D eigenvalue weighted by Crippen LogP contribution is -1.97. The molecular weight excluding hydrogens is 478 g/mol. The van der Waals surface area contributed by atoms with Gasteiger partial charge < -0.3 is 4.57 Å². The molecular formula is C36H23NS. The van der Waals surface area contributed by atoms with Crippen LogP contribution in [0.2, 0.25) is 0 Å². The predicted octanol–water partition coefficient (Wildman–Crippen LogP) is 10.6. The number of nitrogens with zero attached hydrogens (tertiary/aromatic N) is 1. The summed E-state index contributed by atoms with van der Waals surface area (Å²) in [5, 5.41) is 10.1. The number of thiophene rings is 1. The van der Waals surface area contributed by atoms with Crippen LogP contribution in [0, 0.1) is 0 Å². The van der Waals surface area contributed by atoms with E-state index >= 15 is 0 Å². The molecule has 0 saturated carbocycles. The molecule has 0 aliphatic rings. The molecule has 8 aromatic rings. The summed E-state index contributed by atoms with van der Waals surface area (Å²) >= 11 is 1.87. The van der Waals surface area contributed by atoms with E-state index in [0.717, 1.165) is 0 Å². The lowest BCUT2D eigenvalue weighted by atomic mass is 10.0. The minimum Gasteiger partial charge on any atom is -0.309 e. The van der Waals surface area contributed by atoms with E-state index in [-0.39, 0.29) is 0 Å². The zero-order chi connectivity index (χ0) is 25.1. The molecule has 0 radical (unpaired) electrons. The number of hydrogen-bond acceptors (Lipinski definition) is 1. The topological polar surface area (TPSA) is 4.93 Å². The fourth-order valence-electron chi connectivity index (χ4n) is 5.96. The summed E-state index contributed by atoms with van der Waals surface area (Å²) in [6, 6.07) is 50.9. The van der Waals surface area contributed by atoms with E-state index in [1.807, 2.05) is 11.3 Å². The standard InChI is InChI=1S/C36H23NS/c1-3-13-27-25(11-1)26-12-2-4-14-28(26)30-16-6-9-19-34(30)37(33-18-8-5-15-29(27)33)24-21-22-32-31-17-7-10-20-35(31)38-36(32)23-24/h1-23H. The first kappa shape index (κ1) is 21.4. The van der Waals surface area contributed by atoms with Crippen LogP contribution in [0.5, 0.6) is 0 Å². The average molecular weight is 502 g/mol. The first-order valence-corrected chi connectivity index (χ1v) is 13.8. The summed E-state index contributed by atoms with van der Waals surface area (Å²) in [5.41, 5.74) is 3.53. The largest absolute Gasteiger partial charge is 0.309 e. The Hall–Kier alpha value is -4.66. The monoisotopic (exact) mass is 501 g/mol. The van der Waals surface area contributed by atoms with Crippen LogP contribution in [0.4, 0.5) is 0 Å². The van der Waals surface area contributed by atoms with Gasteiger partial charge in [0.25, 0.3) is 0 Å². The second-order valence-electron chi connectivity index (χ2n) is 9.74. The van der Waals surface area contributed by atoms with Gasteiger partial charge in [-0.1, -0.05) is 109 Å². The average Bonchev–Trinajstić information content (AvgIpc) is 3.37. The summed E-state index contributed by atoms with van der Waals surface area (Å²) in [5.74, 6) is 0. The minimum atomic E-state index is 1.17. The molecule has 0 fully saturated rings. The third-order valence-corrected chi connectivity index (χ3v) is 8.77. The molecule has 0 aliphatic carbocycles. The molecule has 178 valence electrons. The number of benzene rings is 6. The fraction of sp³-hybridized carbons (Fsp3) is 0. The second-order valence-corrected chi connectivity index (χ2v) is 10.8. The highest BCUT2D eigenvalue weighted by Crippen LogP contribution is 2.37. The maximum atomic E-state index is 2.45. The minimum absolute atomic E-state index is 1.17. The Bertz CT molecular complexity index is 2140. The molecule has 2 aromatic heterocycles. The maximum absolute atomic E-state index is 2.45. The van der Waals surface area contributed by atoms with Crippen LogP contribution in [-0.4, -0.2) is 4.57 Å². The summed E-state index contributed by atoms with van der Waals surface area (Å²) < 4.78 is 5.08. The maximum Gasteiger partial charge on any atom is 0.0540 e. The smallest absolute Gasteiger partial charge is 0.0540 e. The fourth-order valence-corrected chi connectivity index (χ4v) is 7.10. The molecule has 2 heteroatoms. The summed E-state index contributed by atoms with van der Waals surface area (Å²) in [7, 11) is 0.